The lowest BCUT2D eigenvalue weighted by molar-refractivity contribution is 1.31. The van der Waals surface area contributed by atoms with Gasteiger partial charge < -0.3 is 0 Å². The molecule has 0 heterocycles. The van der Waals surface area contributed by atoms with Gasteiger partial charge >= 0.3 is 0 Å². The summed E-state index contributed by atoms with van der Waals surface area (Å²) in [4.78, 5) is 0. The summed E-state index contributed by atoms with van der Waals surface area (Å²) in [6.07, 6.45) is 1.83. The minimum atomic E-state index is 0.764. The Morgan fingerprint density at radius 2 is 2.38 bits per heavy atom. The van der Waals surface area contributed by atoms with E-state index in [-0.39, 0.29) is 0 Å². The monoisotopic (exact) mass is 189 g/mol. The zero-order valence-electron chi connectivity index (χ0n) is 7.58. The molecule has 1 aromatic carbocycles. The maximum Gasteiger partial charge on any atom is 0.133 e. The van der Waals surface area contributed by atoms with Crippen LogP contribution in [0.1, 0.15) is 16.7 Å². The molecule has 0 saturated heterocycles. The Bertz CT molecular complexity index is 350. The topological polar surface area (TPSA) is 23.8 Å². The van der Waals surface area contributed by atoms with Crippen molar-refractivity contribution in [1.82, 2.24) is 0 Å². The zero-order valence-corrected chi connectivity index (χ0v) is 8.40. The van der Waals surface area contributed by atoms with E-state index in [4.69, 9.17) is 5.26 Å². The summed E-state index contributed by atoms with van der Waals surface area (Å²) in [5, 5.41) is 10.5. The van der Waals surface area contributed by atoms with Crippen LogP contribution in [-0.2, 0) is 5.75 Å². The van der Waals surface area contributed by atoms with Crippen LogP contribution < -0.4 is 0 Å². The first kappa shape index (κ1) is 9.88. The van der Waals surface area contributed by atoms with Gasteiger partial charge in [0.15, 0.2) is 0 Å². The van der Waals surface area contributed by atoms with Crippen molar-refractivity contribution in [3.05, 3.63) is 41.5 Å². The molecule has 66 valence electrons. The molecule has 2 heteroatoms. The van der Waals surface area contributed by atoms with Gasteiger partial charge in [-0.2, -0.15) is 5.26 Å². The summed E-state index contributed by atoms with van der Waals surface area (Å²) in [5.41, 5.74) is 3.57. The van der Waals surface area contributed by atoms with E-state index in [2.05, 4.69) is 31.0 Å². The van der Waals surface area contributed by atoms with Crippen LogP contribution in [0.2, 0.25) is 0 Å². The first-order valence-corrected chi connectivity index (χ1v) is 4.99. The zero-order chi connectivity index (χ0) is 9.68. The Hall–Kier alpha value is -1.20. The molecular formula is C11H11NS. The average Bonchev–Trinajstić information content (AvgIpc) is 2.16. The predicted molar refractivity (Wildman–Crippen MR) is 58.2 cm³/mol. The third-order valence-corrected chi connectivity index (χ3v) is 2.48. The molecule has 0 radical (unpaired) electrons. The lowest BCUT2D eigenvalue weighted by atomic mass is 10.1. The number of aryl methyl sites for hydroxylation is 1. The van der Waals surface area contributed by atoms with Crippen LogP contribution in [0.3, 0.4) is 0 Å². The van der Waals surface area contributed by atoms with E-state index in [1.165, 1.54) is 22.9 Å². The molecule has 0 fully saturated rings. The van der Waals surface area contributed by atoms with Crippen molar-refractivity contribution in [3.63, 3.8) is 0 Å². The highest BCUT2D eigenvalue weighted by Gasteiger charge is 1.98. The second-order valence-corrected chi connectivity index (χ2v) is 3.53. The summed E-state index contributed by atoms with van der Waals surface area (Å²) in [6, 6.07) is 6.16. The Balaban J connectivity index is 2.86. The summed E-state index contributed by atoms with van der Waals surface area (Å²) in [6.45, 7) is 5.76. The number of hydrogen-bond acceptors (Lipinski definition) is 2. The van der Waals surface area contributed by atoms with Gasteiger partial charge in [-0.15, -0.1) is 0 Å². The summed E-state index contributed by atoms with van der Waals surface area (Å²) < 4.78 is 0. The third-order valence-electron chi connectivity index (χ3n) is 1.89. The standard InChI is InChI=1S/C11H11NS/c1-3-10-4-5-11(7-13-8-12)9(2)6-10/h3-6H,1,7H2,2H3. The number of nitrogens with zero attached hydrogens (tertiary/aromatic N) is 1. The molecule has 0 aliphatic heterocycles. The Morgan fingerprint density at radius 3 is 2.92 bits per heavy atom. The smallest absolute Gasteiger partial charge is 0.133 e. The van der Waals surface area contributed by atoms with Crippen LogP contribution in [0.25, 0.3) is 6.08 Å². The van der Waals surface area contributed by atoms with E-state index in [0.717, 1.165) is 11.3 Å². The van der Waals surface area contributed by atoms with Crippen molar-refractivity contribution in [2.24, 2.45) is 0 Å². The van der Waals surface area contributed by atoms with Gasteiger partial charge in [0, 0.05) is 5.75 Å². The molecule has 0 bridgehead atoms. The highest BCUT2D eigenvalue weighted by molar-refractivity contribution is 8.02. The van der Waals surface area contributed by atoms with Crippen LogP contribution in [-0.4, -0.2) is 0 Å². The van der Waals surface area contributed by atoms with Crippen molar-refractivity contribution >= 4 is 17.8 Å². The fraction of sp³-hybridized carbons (Fsp3) is 0.182. The Morgan fingerprint density at radius 1 is 1.62 bits per heavy atom. The fourth-order valence-electron chi connectivity index (χ4n) is 1.12. The fourth-order valence-corrected chi connectivity index (χ4v) is 1.66. The van der Waals surface area contributed by atoms with Gasteiger partial charge in [0.1, 0.15) is 5.40 Å². The van der Waals surface area contributed by atoms with E-state index >= 15 is 0 Å². The molecule has 1 rings (SSSR count). The van der Waals surface area contributed by atoms with Crippen LogP contribution >= 0.6 is 11.8 Å². The van der Waals surface area contributed by atoms with Gasteiger partial charge in [-0.3, -0.25) is 0 Å². The summed E-state index contributed by atoms with van der Waals surface area (Å²) in [5.74, 6) is 0.764. The van der Waals surface area contributed by atoms with E-state index < -0.39 is 0 Å². The van der Waals surface area contributed by atoms with Crippen LogP contribution in [0.4, 0.5) is 0 Å². The molecule has 1 aromatic rings. The van der Waals surface area contributed by atoms with E-state index in [9.17, 15) is 0 Å². The average molecular weight is 189 g/mol. The van der Waals surface area contributed by atoms with Crippen molar-refractivity contribution in [2.75, 3.05) is 0 Å². The maximum absolute atomic E-state index is 8.42. The summed E-state index contributed by atoms with van der Waals surface area (Å²) in [7, 11) is 0. The minimum Gasteiger partial charge on any atom is -0.185 e. The molecule has 0 spiro atoms. The van der Waals surface area contributed by atoms with E-state index in [1.54, 1.807) is 0 Å². The maximum atomic E-state index is 8.42. The van der Waals surface area contributed by atoms with Gasteiger partial charge in [0.2, 0.25) is 0 Å². The second kappa shape index (κ2) is 4.74. The largest absolute Gasteiger partial charge is 0.185 e. The molecule has 0 aliphatic rings. The first-order chi connectivity index (χ1) is 6.27. The normalized spacial score (nSPS) is 9.23. The van der Waals surface area contributed by atoms with Crippen LogP contribution in [0.5, 0.6) is 0 Å². The van der Waals surface area contributed by atoms with Gasteiger partial charge in [0.25, 0.3) is 0 Å². The molecule has 0 aromatic heterocycles. The molecule has 0 unspecified atom stereocenters. The van der Waals surface area contributed by atoms with Gasteiger partial charge in [-0.05, 0) is 35.4 Å². The molecular weight excluding hydrogens is 178 g/mol. The van der Waals surface area contributed by atoms with Crippen molar-refractivity contribution < 1.29 is 0 Å². The van der Waals surface area contributed by atoms with E-state index in [0.29, 0.717) is 0 Å². The molecule has 0 amide bonds. The van der Waals surface area contributed by atoms with E-state index in [1.807, 2.05) is 12.1 Å². The number of nitriles is 1. The molecule has 13 heavy (non-hydrogen) atoms. The third kappa shape index (κ3) is 2.64. The SMILES string of the molecule is C=Cc1ccc(CSC#N)c(C)c1. The molecule has 0 aliphatic carbocycles. The Labute approximate surface area is 83.1 Å². The number of thioether (sulfide) groups is 1. The Kier molecular flexibility index (Phi) is 3.60. The van der Waals surface area contributed by atoms with Gasteiger partial charge in [-0.1, -0.05) is 30.9 Å². The number of rotatable bonds is 3. The molecule has 0 saturated carbocycles. The van der Waals surface area contributed by atoms with Crippen LogP contribution in [0.15, 0.2) is 24.8 Å². The number of hydrogen-bond donors (Lipinski definition) is 0. The lowest BCUT2D eigenvalue weighted by Gasteiger charge is -2.03. The number of thiocyanates is 1. The number of benzene rings is 1. The van der Waals surface area contributed by atoms with Crippen LogP contribution in [0, 0.1) is 17.6 Å². The lowest BCUT2D eigenvalue weighted by Crippen LogP contribution is -1.86. The molecule has 1 nitrogen and oxygen atoms in total. The van der Waals surface area contributed by atoms with Crippen molar-refractivity contribution in [3.8, 4) is 5.40 Å². The predicted octanol–water partition coefficient (Wildman–Crippen LogP) is 3.35. The second-order valence-electron chi connectivity index (χ2n) is 2.77. The quantitative estimate of drug-likeness (QED) is 0.681. The van der Waals surface area contributed by atoms with Crippen molar-refractivity contribution in [2.45, 2.75) is 12.7 Å². The highest BCUT2D eigenvalue weighted by Crippen LogP contribution is 2.17. The van der Waals surface area contributed by atoms with Gasteiger partial charge in [0.05, 0.1) is 0 Å². The summed E-state index contributed by atoms with van der Waals surface area (Å²) >= 11 is 1.27. The van der Waals surface area contributed by atoms with Crippen molar-refractivity contribution in [1.29, 1.82) is 5.26 Å². The first-order valence-electron chi connectivity index (χ1n) is 4.00. The molecule has 0 atom stereocenters. The minimum absolute atomic E-state index is 0.764. The highest BCUT2D eigenvalue weighted by atomic mass is 32.2. The molecule has 0 N–H and O–H groups in total. The van der Waals surface area contributed by atoms with Gasteiger partial charge in [-0.25, -0.2) is 0 Å².